The maximum atomic E-state index is 6.09. The van der Waals surface area contributed by atoms with Crippen LogP contribution in [-0.4, -0.2) is 43.8 Å². The van der Waals surface area contributed by atoms with Crippen molar-refractivity contribution in [3.05, 3.63) is 35.0 Å². The van der Waals surface area contributed by atoms with Gasteiger partial charge in [-0.1, -0.05) is 11.6 Å². The molecular weight excluding hydrogens is 312 g/mol. The van der Waals surface area contributed by atoms with E-state index in [0.717, 1.165) is 42.6 Å². The summed E-state index contributed by atoms with van der Waals surface area (Å²) in [6.07, 6.45) is 2.94. The lowest BCUT2D eigenvalue weighted by Gasteiger charge is -2.11. The van der Waals surface area contributed by atoms with Crippen LogP contribution in [0.4, 0.5) is 0 Å². The van der Waals surface area contributed by atoms with E-state index < -0.39 is 0 Å². The van der Waals surface area contributed by atoms with Gasteiger partial charge in [0.1, 0.15) is 0 Å². The van der Waals surface area contributed by atoms with E-state index in [4.69, 9.17) is 16.3 Å². The lowest BCUT2D eigenvalue weighted by molar-refractivity contribution is 0.155. The Bertz CT molecular complexity index is 639. The van der Waals surface area contributed by atoms with Crippen LogP contribution in [0, 0.1) is 0 Å². The Labute approximate surface area is 142 Å². The third kappa shape index (κ3) is 5.44. The number of aromatic amines is 1. The van der Waals surface area contributed by atoms with Gasteiger partial charge < -0.3 is 20.4 Å². The molecular formula is C17H25ClN4O. The zero-order valence-electron chi connectivity index (χ0n) is 13.8. The first-order valence-electron chi connectivity index (χ1n) is 8.10. The Balaban J connectivity index is 1.89. The third-order valence-corrected chi connectivity index (χ3v) is 3.71. The van der Waals surface area contributed by atoms with Gasteiger partial charge in [-0.3, -0.25) is 4.99 Å². The van der Waals surface area contributed by atoms with E-state index in [0.29, 0.717) is 13.2 Å². The van der Waals surface area contributed by atoms with Crippen LogP contribution in [0.25, 0.3) is 10.9 Å². The molecule has 1 heterocycles. The minimum atomic E-state index is 0.647. The molecule has 23 heavy (non-hydrogen) atoms. The number of nitrogens with zero attached hydrogens (tertiary/aromatic N) is 1. The van der Waals surface area contributed by atoms with Crippen molar-refractivity contribution >= 4 is 28.5 Å². The van der Waals surface area contributed by atoms with E-state index in [1.807, 2.05) is 31.3 Å². The second-order valence-corrected chi connectivity index (χ2v) is 5.57. The predicted molar refractivity (Wildman–Crippen MR) is 97.5 cm³/mol. The molecule has 1 aromatic heterocycles. The minimum absolute atomic E-state index is 0.647. The number of guanidine groups is 1. The van der Waals surface area contributed by atoms with Crippen molar-refractivity contribution in [2.24, 2.45) is 4.99 Å². The molecule has 0 aliphatic rings. The molecule has 3 N–H and O–H groups in total. The van der Waals surface area contributed by atoms with Gasteiger partial charge in [-0.15, -0.1) is 0 Å². The number of aromatic nitrogens is 1. The highest BCUT2D eigenvalue weighted by atomic mass is 35.5. The molecule has 2 rings (SSSR count). The lowest BCUT2D eigenvalue weighted by Crippen LogP contribution is -2.38. The number of hydrogen-bond donors (Lipinski definition) is 3. The van der Waals surface area contributed by atoms with Gasteiger partial charge in [-0.05, 0) is 44.0 Å². The second-order valence-electron chi connectivity index (χ2n) is 5.14. The molecule has 126 valence electrons. The first kappa shape index (κ1) is 17.6. The fraction of sp³-hybridized carbons (Fsp3) is 0.471. The van der Waals surface area contributed by atoms with Crippen molar-refractivity contribution in [2.45, 2.75) is 20.3 Å². The smallest absolute Gasteiger partial charge is 0.191 e. The van der Waals surface area contributed by atoms with Crippen LogP contribution in [0.15, 0.2) is 29.4 Å². The van der Waals surface area contributed by atoms with Crippen molar-refractivity contribution in [1.82, 2.24) is 15.6 Å². The molecule has 0 spiro atoms. The summed E-state index contributed by atoms with van der Waals surface area (Å²) in [6.45, 7) is 7.72. The van der Waals surface area contributed by atoms with Gasteiger partial charge in [0.25, 0.3) is 0 Å². The normalized spacial score (nSPS) is 11.9. The van der Waals surface area contributed by atoms with Crippen LogP contribution >= 0.6 is 11.6 Å². The molecule has 0 atom stereocenters. The van der Waals surface area contributed by atoms with E-state index in [-0.39, 0.29) is 0 Å². The largest absolute Gasteiger partial charge is 0.380 e. The van der Waals surface area contributed by atoms with Crippen LogP contribution in [0.1, 0.15) is 19.4 Å². The molecule has 0 saturated heterocycles. The van der Waals surface area contributed by atoms with Crippen molar-refractivity contribution in [2.75, 3.05) is 32.8 Å². The first-order valence-corrected chi connectivity index (χ1v) is 8.47. The zero-order valence-corrected chi connectivity index (χ0v) is 14.5. The Morgan fingerprint density at radius 1 is 1.30 bits per heavy atom. The number of hydrogen-bond acceptors (Lipinski definition) is 2. The van der Waals surface area contributed by atoms with Crippen molar-refractivity contribution in [3.63, 3.8) is 0 Å². The number of H-pyrrole nitrogens is 1. The van der Waals surface area contributed by atoms with Crippen molar-refractivity contribution < 1.29 is 4.74 Å². The number of aliphatic imine (C=N–C) groups is 1. The molecule has 1 aromatic carbocycles. The van der Waals surface area contributed by atoms with E-state index in [1.54, 1.807) is 0 Å². The van der Waals surface area contributed by atoms with Crippen LogP contribution in [0.5, 0.6) is 0 Å². The SMILES string of the molecule is CCNC(=NCCOCC)NCCc1c[nH]c2ccc(Cl)cc12. The Hall–Kier alpha value is -1.72. The van der Waals surface area contributed by atoms with Gasteiger partial charge in [-0.2, -0.15) is 0 Å². The lowest BCUT2D eigenvalue weighted by atomic mass is 10.1. The minimum Gasteiger partial charge on any atom is -0.380 e. The molecule has 2 aromatic rings. The highest BCUT2D eigenvalue weighted by molar-refractivity contribution is 6.31. The second kappa shape index (κ2) is 9.43. The van der Waals surface area contributed by atoms with Gasteiger partial charge in [0, 0.05) is 41.8 Å². The highest BCUT2D eigenvalue weighted by Crippen LogP contribution is 2.22. The van der Waals surface area contributed by atoms with E-state index in [9.17, 15) is 0 Å². The molecule has 0 bridgehead atoms. The first-order chi connectivity index (χ1) is 11.2. The molecule has 0 saturated carbocycles. The number of rotatable bonds is 8. The fourth-order valence-corrected chi connectivity index (χ4v) is 2.55. The average Bonchev–Trinajstić information content (AvgIpc) is 2.94. The topological polar surface area (TPSA) is 61.4 Å². The van der Waals surface area contributed by atoms with Gasteiger partial charge in [0.15, 0.2) is 5.96 Å². The molecule has 0 fully saturated rings. The number of fused-ring (bicyclic) bond motifs is 1. The van der Waals surface area contributed by atoms with Gasteiger partial charge in [0.2, 0.25) is 0 Å². The summed E-state index contributed by atoms with van der Waals surface area (Å²) in [7, 11) is 0. The van der Waals surface area contributed by atoms with Crippen LogP contribution in [0.3, 0.4) is 0 Å². The number of nitrogens with one attached hydrogen (secondary N) is 3. The zero-order chi connectivity index (χ0) is 16.5. The number of benzene rings is 1. The summed E-state index contributed by atoms with van der Waals surface area (Å²) in [4.78, 5) is 7.76. The van der Waals surface area contributed by atoms with Crippen LogP contribution in [0.2, 0.25) is 5.02 Å². The fourth-order valence-electron chi connectivity index (χ4n) is 2.38. The molecule has 0 amide bonds. The monoisotopic (exact) mass is 336 g/mol. The molecule has 0 unspecified atom stereocenters. The van der Waals surface area contributed by atoms with Crippen LogP contribution in [-0.2, 0) is 11.2 Å². The summed E-state index contributed by atoms with van der Waals surface area (Å²) >= 11 is 6.09. The van der Waals surface area contributed by atoms with Gasteiger partial charge >= 0.3 is 0 Å². The quantitative estimate of drug-likeness (QED) is 0.394. The van der Waals surface area contributed by atoms with Crippen LogP contribution < -0.4 is 10.6 Å². The Morgan fingerprint density at radius 3 is 2.96 bits per heavy atom. The molecule has 0 aliphatic heterocycles. The Kier molecular flexibility index (Phi) is 7.23. The maximum Gasteiger partial charge on any atom is 0.191 e. The number of ether oxygens (including phenoxy) is 1. The molecule has 5 nitrogen and oxygen atoms in total. The van der Waals surface area contributed by atoms with Gasteiger partial charge in [-0.25, -0.2) is 0 Å². The standard InChI is InChI=1S/C17H25ClN4O/c1-3-19-17(21-9-10-23-4-2)20-8-7-13-12-22-16-6-5-14(18)11-15(13)16/h5-6,11-12,22H,3-4,7-10H2,1-2H3,(H2,19,20,21). The summed E-state index contributed by atoms with van der Waals surface area (Å²) in [5.41, 5.74) is 2.36. The average molecular weight is 337 g/mol. The Morgan fingerprint density at radius 2 is 2.17 bits per heavy atom. The summed E-state index contributed by atoms with van der Waals surface area (Å²) in [5.74, 6) is 0.824. The highest BCUT2D eigenvalue weighted by Gasteiger charge is 2.05. The molecule has 6 heteroatoms. The number of halogens is 1. The maximum absolute atomic E-state index is 6.09. The van der Waals surface area contributed by atoms with E-state index in [1.165, 1.54) is 10.9 Å². The van der Waals surface area contributed by atoms with E-state index >= 15 is 0 Å². The van der Waals surface area contributed by atoms with Crippen molar-refractivity contribution in [3.8, 4) is 0 Å². The van der Waals surface area contributed by atoms with Crippen molar-refractivity contribution in [1.29, 1.82) is 0 Å². The summed E-state index contributed by atoms with van der Waals surface area (Å²) in [6, 6.07) is 5.91. The molecule has 0 radical (unpaired) electrons. The summed E-state index contributed by atoms with van der Waals surface area (Å²) < 4.78 is 5.31. The van der Waals surface area contributed by atoms with E-state index in [2.05, 4.69) is 27.5 Å². The third-order valence-electron chi connectivity index (χ3n) is 3.47. The van der Waals surface area contributed by atoms with Gasteiger partial charge in [0.05, 0.1) is 13.2 Å². The molecule has 0 aliphatic carbocycles. The summed E-state index contributed by atoms with van der Waals surface area (Å²) in [5, 5.41) is 8.53. The predicted octanol–water partition coefficient (Wildman–Crippen LogP) is 2.96.